The van der Waals surface area contributed by atoms with Crippen LogP contribution in [0.1, 0.15) is 20.8 Å². The van der Waals surface area contributed by atoms with E-state index in [2.05, 4.69) is 9.88 Å². The van der Waals surface area contributed by atoms with Crippen LogP contribution < -0.4 is 4.90 Å². The minimum absolute atomic E-state index is 0.128. The molecule has 2 heterocycles. The third kappa shape index (κ3) is 4.75. The predicted octanol–water partition coefficient (Wildman–Crippen LogP) is 4.82. The molecule has 1 aliphatic rings. The van der Waals surface area contributed by atoms with Crippen molar-refractivity contribution in [2.45, 2.75) is 0 Å². The molecule has 31 heavy (non-hydrogen) atoms. The third-order valence-electron chi connectivity index (χ3n) is 5.09. The van der Waals surface area contributed by atoms with Gasteiger partial charge in [-0.2, -0.15) is 0 Å². The van der Waals surface area contributed by atoms with Crippen molar-refractivity contribution < 1.29 is 9.59 Å². The molecular formula is C22H20Cl2N4O2S. The molecule has 0 spiro atoms. The van der Waals surface area contributed by atoms with Crippen molar-refractivity contribution in [3.63, 3.8) is 0 Å². The number of nitrogens with zero attached hydrogens (tertiary/aromatic N) is 4. The molecule has 0 radical (unpaired) electrons. The Hall–Kier alpha value is -2.45. The van der Waals surface area contributed by atoms with Gasteiger partial charge in [0.25, 0.3) is 11.8 Å². The van der Waals surface area contributed by atoms with Crippen LogP contribution in [0.2, 0.25) is 10.0 Å². The molecule has 1 saturated heterocycles. The zero-order valence-electron chi connectivity index (χ0n) is 16.8. The van der Waals surface area contributed by atoms with Crippen molar-refractivity contribution in [1.82, 2.24) is 14.8 Å². The number of anilines is 2. The van der Waals surface area contributed by atoms with Gasteiger partial charge >= 0.3 is 0 Å². The largest absolute Gasteiger partial charge is 0.335 e. The number of halogens is 2. The van der Waals surface area contributed by atoms with E-state index in [9.17, 15) is 9.59 Å². The quantitative estimate of drug-likeness (QED) is 0.543. The van der Waals surface area contributed by atoms with Crippen LogP contribution in [0.25, 0.3) is 0 Å². The van der Waals surface area contributed by atoms with Gasteiger partial charge in [0.15, 0.2) is 5.13 Å². The molecule has 6 nitrogen and oxygen atoms in total. The standard InChI is InChI=1S/C22H20Cl2N4O2S/c1-26-10-12-27(13-11-26)21(30)19-14-31-22(25-19)28(16-8-6-15(23)7-9-16)20(29)17-4-2-3-5-18(17)24/h2-9,14H,10-13H2,1H3. The fraction of sp³-hybridized carbons (Fsp3) is 0.227. The van der Waals surface area contributed by atoms with Gasteiger partial charge < -0.3 is 9.80 Å². The third-order valence-corrected chi connectivity index (χ3v) is 6.49. The van der Waals surface area contributed by atoms with E-state index in [-0.39, 0.29) is 11.8 Å². The molecule has 1 aromatic heterocycles. The van der Waals surface area contributed by atoms with Gasteiger partial charge in [-0.25, -0.2) is 4.98 Å². The van der Waals surface area contributed by atoms with Crippen LogP contribution in [0.3, 0.4) is 0 Å². The highest BCUT2D eigenvalue weighted by atomic mass is 35.5. The number of hydrogen-bond acceptors (Lipinski definition) is 5. The Bertz CT molecular complexity index is 1090. The molecule has 0 aliphatic carbocycles. The number of carbonyl (C=O) groups excluding carboxylic acids is 2. The molecule has 160 valence electrons. The van der Waals surface area contributed by atoms with Gasteiger partial charge in [-0.15, -0.1) is 11.3 Å². The summed E-state index contributed by atoms with van der Waals surface area (Å²) < 4.78 is 0. The Morgan fingerprint density at radius 1 is 1.00 bits per heavy atom. The van der Waals surface area contributed by atoms with Crippen molar-refractivity contribution >= 4 is 57.2 Å². The summed E-state index contributed by atoms with van der Waals surface area (Å²) in [6.07, 6.45) is 0. The van der Waals surface area contributed by atoms with E-state index in [0.717, 1.165) is 13.1 Å². The summed E-state index contributed by atoms with van der Waals surface area (Å²) in [7, 11) is 2.03. The molecule has 1 fully saturated rings. The molecule has 4 rings (SSSR count). The summed E-state index contributed by atoms with van der Waals surface area (Å²) in [4.78, 5) is 36.3. The second kappa shape index (κ2) is 9.36. The van der Waals surface area contributed by atoms with Crippen molar-refractivity contribution in [1.29, 1.82) is 0 Å². The second-order valence-electron chi connectivity index (χ2n) is 7.21. The molecule has 2 aromatic carbocycles. The monoisotopic (exact) mass is 474 g/mol. The zero-order valence-corrected chi connectivity index (χ0v) is 19.1. The lowest BCUT2D eigenvalue weighted by Gasteiger charge is -2.31. The Labute approximate surface area is 194 Å². The summed E-state index contributed by atoms with van der Waals surface area (Å²) in [5, 5.41) is 2.99. The van der Waals surface area contributed by atoms with Gasteiger partial charge in [0.2, 0.25) is 0 Å². The molecule has 0 saturated carbocycles. The van der Waals surface area contributed by atoms with E-state index in [1.165, 1.54) is 16.2 Å². The lowest BCUT2D eigenvalue weighted by molar-refractivity contribution is 0.0658. The lowest BCUT2D eigenvalue weighted by Crippen LogP contribution is -2.47. The predicted molar refractivity (Wildman–Crippen MR) is 125 cm³/mol. The first-order valence-corrected chi connectivity index (χ1v) is 11.4. The van der Waals surface area contributed by atoms with Gasteiger partial charge in [-0.1, -0.05) is 35.3 Å². The minimum Gasteiger partial charge on any atom is -0.335 e. The Morgan fingerprint density at radius 2 is 1.68 bits per heavy atom. The summed E-state index contributed by atoms with van der Waals surface area (Å²) >= 11 is 13.6. The summed E-state index contributed by atoms with van der Waals surface area (Å²) in [6.45, 7) is 2.96. The van der Waals surface area contributed by atoms with Crippen LogP contribution in [0.4, 0.5) is 10.8 Å². The first-order valence-electron chi connectivity index (χ1n) is 9.72. The van der Waals surface area contributed by atoms with E-state index < -0.39 is 0 Å². The maximum atomic E-state index is 13.4. The summed E-state index contributed by atoms with van der Waals surface area (Å²) in [6, 6.07) is 13.7. The molecule has 0 atom stereocenters. The number of hydrogen-bond donors (Lipinski definition) is 0. The number of rotatable bonds is 4. The molecular weight excluding hydrogens is 455 g/mol. The zero-order chi connectivity index (χ0) is 22.0. The minimum atomic E-state index is -0.333. The Morgan fingerprint density at radius 3 is 2.35 bits per heavy atom. The van der Waals surface area contributed by atoms with Crippen molar-refractivity contribution in [3.8, 4) is 0 Å². The number of amides is 2. The number of likely N-dealkylation sites (N-methyl/N-ethyl adjacent to an activating group) is 1. The van der Waals surface area contributed by atoms with E-state index in [1.807, 2.05) is 7.05 Å². The average molecular weight is 475 g/mol. The van der Waals surface area contributed by atoms with Crippen LogP contribution >= 0.6 is 34.5 Å². The Balaban J connectivity index is 1.68. The molecule has 1 aliphatic heterocycles. The van der Waals surface area contributed by atoms with Gasteiger partial charge in [-0.3, -0.25) is 14.5 Å². The Kier molecular flexibility index (Phi) is 6.57. The number of piperazine rings is 1. The SMILES string of the molecule is CN1CCN(C(=O)c2csc(N(C(=O)c3ccccc3Cl)c3ccc(Cl)cc3)n2)CC1. The fourth-order valence-electron chi connectivity index (χ4n) is 3.30. The van der Waals surface area contributed by atoms with E-state index in [4.69, 9.17) is 23.2 Å². The molecule has 0 unspecified atom stereocenters. The van der Waals surface area contributed by atoms with Crippen LogP contribution in [-0.2, 0) is 0 Å². The van der Waals surface area contributed by atoms with Gasteiger partial charge in [-0.05, 0) is 43.4 Å². The highest BCUT2D eigenvalue weighted by Crippen LogP contribution is 2.33. The van der Waals surface area contributed by atoms with Crippen LogP contribution in [0.5, 0.6) is 0 Å². The van der Waals surface area contributed by atoms with Gasteiger partial charge in [0.1, 0.15) is 5.69 Å². The number of thiazole rings is 1. The van der Waals surface area contributed by atoms with Crippen molar-refractivity contribution in [3.05, 3.63) is 75.2 Å². The highest BCUT2D eigenvalue weighted by molar-refractivity contribution is 7.14. The first kappa shape index (κ1) is 21.8. The normalized spacial score (nSPS) is 14.5. The summed E-state index contributed by atoms with van der Waals surface area (Å²) in [5.41, 5.74) is 1.26. The number of aromatic nitrogens is 1. The highest BCUT2D eigenvalue weighted by Gasteiger charge is 2.27. The van der Waals surface area contributed by atoms with Crippen molar-refractivity contribution in [2.75, 3.05) is 38.1 Å². The second-order valence-corrected chi connectivity index (χ2v) is 8.89. The van der Waals surface area contributed by atoms with E-state index in [1.54, 1.807) is 58.8 Å². The molecule has 3 aromatic rings. The van der Waals surface area contributed by atoms with Crippen LogP contribution in [0, 0.1) is 0 Å². The van der Waals surface area contributed by atoms with Crippen molar-refractivity contribution in [2.24, 2.45) is 0 Å². The lowest BCUT2D eigenvalue weighted by atomic mass is 10.2. The molecule has 0 bridgehead atoms. The fourth-order valence-corrected chi connectivity index (χ4v) is 4.45. The maximum absolute atomic E-state index is 13.4. The van der Waals surface area contributed by atoms with Crippen LogP contribution in [0.15, 0.2) is 53.9 Å². The molecule has 0 N–H and O–H groups in total. The number of benzene rings is 2. The van der Waals surface area contributed by atoms with E-state index in [0.29, 0.717) is 45.2 Å². The van der Waals surface area contributed by atoms with E-state index >= 15 is 0 Å². The summed E-state index contributed by atoms with van der Waals surface area (Å²) in [5.74, 6) is -0.460. The van der Waals surface area contributed by atoms with Gasteiger partial charge in [0, 0.05) is 36.6 Å². The topological polar surface area (TPSA) is 56.8 Å². The maximum Gasteiger partial charge on any atom is 0.273 e. The first-order chi connectivity index (χ1) is 14.9. The number of carbonyl (C=O) groups is 2. The van der Waals surface area contributed by atoms with Gasteiger partial charge in [0.05, 0.1) is 16.3 Å². The molecule has 9 heteroatoms. The molecule has 2 amide bonds. The van der Waals surface area contributed by atoms with Crippen LogP contribution in [-0.4, -0.2) is 59.8 Å². The average Bonchev–Trinajstić information content (AvgIpc) is 3.25. The smallest absolute Gasteiger partial charge is 0.273 e.